The van der Waals surface area contributed by atoms with Gasteiger partial charge in [-0.15, -0.1) is 6.42 Å². The molecule has 0 bridgehead atoms. The molecule has 0 saturated heterocycles. The predicted molar refractivity (Wildman–Crippen MR) is 69.1 cm³/mol. The Kier molecular flexibility index (Phi) is 3.34. The van der Waals surface area contributed by atoms with Crippen molar-refractivity contribution in [3.8, 4) is 12.3 Å². The molecule has 1 aromatic carbocycles. The van der Waals surface area contributed by atoms with Gasteiger partial charge in [0.15, 0.2) is 0 Å². The van der Waals surface area contributed by atoms with Crippen LogP contribution in [0.5, 0.6) is 0 Å². The fourth-order valence-corrected chi connectivity index (χ4v) is 1.89. The molecule has 0 unspecified atom stereocenters. The summed E-state index contributed by atoms with van der Waals surface area (Å²) in [5.74, 6) is 3.10. The van der Waals surface area contributed by atoms with Crippen LogP contribution in [0.2, 0.25) is 0 Å². The number of hydrogen-bond donors (Lipinski definition) is 2. The van der Waals surface area contributed by atoms with Crippen LogP contribution < -0.4 is 10.6 Å². The van der Waals surface area contributed by atoms with E-state index in [2.05, 4.69) is 16.6 Å². The third-order valence-electron chi connectivity index (χ3n) is 2.94. The minimum atomic E-state index is -0.0459. The Bertz CT molecular complexity index is 470. The number of carbonyl (C=O) groups excluding carboxylic acids is 1. The first-order valence-electron chi connectivity index (χ1n) is 5.79. The number of benzene rings is 1. The van der Waals surface area contributed by atoms with Crippen LogP contribution in [-0.4, -0.2) is 19.5 Å². The first kappa shape index (κ1) is 11.5. The summed E-state index contributed by atoms with van der Waals surface area (Å²) in [4.78, 5) is 11.6. The van der Waals surface area contributed by atoms with Gasteiger partial charge in [-0.2, -0.15) is 0 Å². The molecule has 0 atom stereocenters. The second kappa shape index (κ2) is 4.92. The quantitative estimate of drug-likeness (QED) is 0.774. The summed E-state index contributed by atoms with van der Waals surface area (Å²) in [6, 6.07) is 5.73. The van der Waals surface area contributed by atoms with Crippen LogP contribution in [0.3, 0.4) is 0 Å². The fraction of sp³-hybridized carbons (Fsp3) is 0.357. The molecular weight excluding hydrogens is 212 g/mol. The zero-order valence-corrected chi connectivity index (χ0v) is 9.92. The minimum Gasteiger partial charge on any atom is -0.374 e. The maximum atomic E-state index is 11.6. The second-order valence-corrected chi connectivity index (χ2v) is 4.21. The first-order valence-corrected chi connectivity index (χ1v) is 5.79. The maximum absolute atomic E-state index is 11.6. The van der Waals surface area contributed by atoms with E-state index in [0.29, 0.717) is 18.0 Å². The molecule has 3 heteroatoms. The normalized spacial score (nSPS) is 13.9. The fourth-order valence-electron chi connectivity index (χ4n) is 1.89. The van der Waals surface area contributed by atoms with E-state index in [1.165, 1.54) is 18.4 Å². The molecule has 1 fully saturated rings. The Morgan fingerprint density at radius 2 is 2.29 bits per heavy atom. The standard InChI is InChI=1S/C14H16N2O/c1-3-8-16-13-7-6-11(14(17)15-2)9-12(13)10-4-5-10/h1,6-7,9-10,16H,4-5,8H2,2H3,(H,15,17). The molecule has 1 aliphatic rings. The van der Waals surface area contributed by atoms with Crippen molar-refractivity contribution in [1.29, 1.82) is 0 Å². The molecule has 0 aliphatic heterocycles. The Hall–Kier alpha value is -1.95. The zero-order chi connectivity index (χ0) is 12.3. The molecule has 0 spiro atoms. The molecule has 2 rings (SSSR count). The van der Waals surface area contributed by atoms with E-state index in [-0.39, 0.29) is 5.91 Å². The molecule has 0 heterocycles. The highest BCUT2D eigenvalue weighted by Gasteiger charge is 2.26. The van der Waals surface area contributed by atoms with E-state index in [4.69, 9.17) is 6.42 Å². The highest BCUT2D eigenvalue weighted by Crippen LogP contribution is 2.43. The largest absolute Gasteiger partial charge is 0.374 e. The summed E-state index contributed by atoms with van der Waals surface area (Å²) < 4.78 is 0. The van der Waals surface area contributed by atoms with Gasteiger partial charge in [0.25, 0.3) is 5.91 Å². The van der Waals surface area contributed by atoms with E-state index in [0.717, 1.165) is 5.69 Å². The summed E-state index contributed by atoms with van der Waals surface area (Å²) in [6.07, 6.45) is 7.63. The van der Waals surface area contributed by atoms with Crippen LogP contribution >= 0.6 is 0 Å². The lowest BCUT2D eigenvalue weighted by molar-refractivity contribution is 0.0963. The number of terminal acetylenes is 1. The summed E-state index contributed by atoms with van der Waals surface area (Å²) in [7, 11) is 1.64. The van der Waals surface area contributed by atoms with E-state index < -0.39 is 0 Å². The molecule has 1 saturated carbocycles. The van der Waals surface area contributed by atoms with Gasteiger partial charge < -0.3 is 10.6 Å². The van der Waals surface area contributed by atoms with E-state index in [1.807, 2.05) is 18.2 Å². The molecule has 17 heavy (non-hydrogen) atoms. The van der Waals surface area contributed by atoms with Gasteiger partial charge in [0.1, 0.15) is 0 Å². The lowest BCUT2D eigenvalue weighted by Crippen LogP contribution is -2.18. The van der Waals surface area contributed by atoms with Crippen molar-refractivity contribution in [2.45, 2.75) is 18.8 Å². The number of nitrogens with one attached hydrogen (secondary N) is 2. The van der Waals surface area contributed by atoms with Crippen LogP contribution in [0, 0.1) is 12.3 Å². The third kappa shape index (κ3) is 2.59. The predicted octanol–water partition coefficient (Wildman–Crippen LogP) is 1.97. The number of hydrogen-bond acceptors (Lipinski definition) is 2. The van der Waals surface area contributed by atoms with Crippen molar-refractivity contribution >= 4 is 11.6 Å². The molecular formula is C14H16N2O. The number of rotatable bonds is 4. The molecule has 0 radical (unpaired) electrons. The van der Waals surface area contributed by atoms with Gasteiger partial charge in [0.2, 0.25) is 0 Å². The third-order valence-corrected chi connectivity index (χ3v) is 2.94. The topological polar surface area (TPSA) is 41.1 Å². The molecule has 1 aliphatic carbocycles. The Balaban J connectivity index is 2.28. The van der Waals surface area contributed by atoms with Gasteiger partial charge in [-0.3, -0.25) is 4.79 Å². The maximum Gasteiger partial charge on any atom is 0.251 e. The van der Waals surface area contributed by atoms with E-state index in [1.54, 1.807) is 7.05 Å². The summed E-state index contributed by atoms with van der Waals surface area (Å²) in [5.41, 5.74) is 2.97. The van der Waals surface area contributed by atoms with Crippen molar-refractivity contribution in [2.24, 2.45) is 0 Å². The molecule has 1 aromatic rings. The highest BCUT2D eigenvalue weighted by atomic mass is 16.1. The summed E-state index contributed by atoms with van der Waals surface area (Å²) >= 11 is 0. The van der Waals surface area contributed by atoms with Crippen LogP contribution in [-0.2, 0) is 0 Å². The molecule has 0 aromatic heterocycles. The van der Waals surface area contributed by atoms with Crippen molar-refractivity contribution < 1.29 is 4.79 Å². The lowest BCUT2D eigenvalue weighted by Gasteiger charge is -2.11. The SMILES string of the molecule is C#CCNc1ccc(C(=O)NC)cc1C1CC1. The molecule has 2 N–H and O–H groups in total. The van der Waals surface area contributed by atoms with Crippen molar-refractivity contribution in [3.05, 3.63) is 29.3 Å². The highest BCUT2D eigenvalue weighted by molar-refractivity contribution is 5.94. The summed E-state index contributed by atoms with van der Waals surface area (Å²) in [5, 5.41) is 5.84. The number of carbonyl (C=O) groups is 1. The van der Waals surface area contributed by atoms with Crippen LogP contribution in [0.25, 0.3) is 0 Å². The van der Waals surface area contributed by atoms with Crippen LogP contribution in [0.15, 0.2) is 18.2 Å². The lowest BCUT2D eigenvalue weighted by atomic mass is 10.0. The van der Waals surface area contributed by atoms with Gasteiger partial charge in [0, 0.05) is 18.3 Å². The van der Waals surface area contributed by atoms with Crippen molar-refractivity contribution in [3.63, 3.8) is 0 Å². The van der Waals surface area contributed by atoms with E-state index >= 15 is 0 Å². The Labute approximate surface area is 102 Å². The van der Waals surface area contributed by atoms with Gasteiger partial charge in [-0.05, 0) is 42.5 Å². The van der Waals surface area contributed by atoms with Gasteiger partial charge >= 0.3 is 0 Å². The van der Waals surface area contributed by atoms with Crippen molar-refractivity contribution in [2.75, 3.05) is 18.9 Å². The Morgan fingerprint density at radius 3 is 2.88 bits per heavy atom. The minimum absolute atomic E-state index is 0.0459. The molecule has 1 amide bonds. The second-order valence-electron chi connectivity index (χ2n) is 4.21. The van der Waals surface area contributed by atoms with Crippen LogP contribution in [0.1, 0.15) is 34.7 Å². The van der Waals surface area contributed by atoms with Gasteiger partial charge in [-0.1, -0.05) is 5.92 Å². The first-order chi connectivity index (χ1) is 8.26. The van der Waals surface area contributed by atoms with Crippen LogP contribution in [0.4, 0.5) is 5.69 Å². The monoisotopic (exact) mass is 228 g/mol. The summed E-state index contributed by atoms with van der Waals surface area (Å²) in [6.45, 7) is 0.513. The number of amides is 1. The van der Waals surface area contributed by atoms with Crippen molar-refractivity contribution in [1.82, 2.24) is 5.32 Å². The molecule has 3 nitrogen and oxygen atoms in total. The van der Waals surface area contributed by atoms with E-state index in [9.17, 15) is 4.79 Å². The van der Waals surface area contributed by atoms with Gasteiger partial charge in [0.05, 0.1) is 6.54 Å². The number of anilines is 1. The molecule has 88 valence electrons. The zero-order valence-electron chi connectivity index (χ0n) is 9.92. The Morgan fingerprint density at radius 1 is 1.53 bits per heavy atom. The van der Waals surface area contributed by atoms with Gasteiger partial charge in [-0.25, -0.2) is 0 Å². The average Bonchev–Trinajstić information content (AvgIpc) is 3.19. The smallest absolute Gasteiger partial charge is 0.251 e. The average molecular weight is 228 g/mol.